The van der Waals surface area contributed by atoms with Crippen molar-refractivity contribution in [1.82, 2.24) is 14.7 Å². The molecule has 2 aliphatic rings. The second-order valence-electron chi connectivity index (χ2n) is 8.68. The van der Waals surface area contributed by atoms with Gasteiger partial charge in [0.1, 0.15) is 0 Å². The molecule has 1 aliphatic heterocycles. The highest BCUT2D eigenvalue weighted by Gasteiger charge is 2.30. The van der Waals surface area contributed by atoms with Crippen molar-refractivity contribution in [3.63, 3.8) is 0 Å². The summed E-state index contributed by atoms with van der Waals surface area (Å²) in [5, 5.41) is 0. The smallest absolute Gasteiger partial charge is 0.0240 e. The van der Waals surface area contributed by atoms with Crippen molar-refractivity contribution in [2.24, 2.45) is 0 Å². The Labute approximate surface area is 171 Å². The molecule has 4 rings (SSSR count). The van der Waals surface area contributed by atoms with Crippen LogP contribution in [0.1, 0.15) is 36.8 Å². The molecule has 3 heteroatoms. The SMILES string of the molecule is CN1CCN([C@H]2CC[C@H](N(Cc3ccccc3)Cc3ccccc3)CC2)CC1. The van der Waals surface area contributed by atoms with Gasteiger partial charge in [0.15, 0.2) is 0 Å². The molecule has 1 heterocycles. The fourth-order valence-corrected chi connectivity index (χ4v) is 4.93. The van der Waals surface area contributed by atoms with E-state index in [0.29, 0.717) is 6.04 Å². The van der Waals surface area contributed by atoms with Crippen LogP contribution in [0.3, 0.4) is 0 Å². The summed E-state index contributed by atoms with van der Waals surface area (Å²) in [6, 6.07) is 23.5. The Hall–Kier alpha value is -1.68. The van der Waals surface area contributed by atoms with Crippen molar-refractivity contribution in [3.05, 3.63) is 71.8 Å². The Morgan fingerprint density at radius 1 is 0.714 bits per heavy atom. The standard InChI is InChI=1S/C25H35N3/c1-26-16-18-27(19-17-26)24-12-14-25(15-13-24)28(20-22-8-4-2-5-9-22)21-23-10-6-3-7-11-23/h2-11,24-25H,12-21H2,1H3/t24-,25-. The van der Waals surface area contributed by atoms with E-state index in [9.17, 15) is 0 Å². The molecule has 0 radical (unpaired) electrons. The van der Waals surface area contributed by atoms with E-state index in [4.69, 9.17) is 0 Å². The van der Waals surface area contributed by atoms with Crippen LogP contribution in [0.15, 0.2) is 60.7 Å². The molecule has 2 aromatic carbocycles. The maximum Gasteiger partial charge on any atom is 0.0240 e. The molecule has 0 atom stereocenters. The highest BCUT2D eigenvalue weighted by Crippen LogP contribution is 2.29. The molecule has 3 nitrogen and oxygen atoms in total. The van der Waals surface area contributed by atoms with Gasteiger partial charge in [-0.05, 0) is 43.9 Å². The van der Waals surface area contributed by atoms with Crippen molar-refractivity contribution in [2.45, 2.75) is 50.9 Å². The molecule has 0 bridgehead atoms. The number of benzene rings is 2. The van der Waals surface area contributed by atoms with Crippen molar-refractivity contribution < 1.29 is 0 Å². The summed E-state index contributed by atoms with van der Waals surface area (Å²) < 4.78 is 0. The minimum absolute atomic E-state index is 0.698. The van der Waals surface area contributed by atoms with Crippen molar-refractivity contribution in [3.8, 4) is 0 Å². The number of hydrogen-bond acceptors (Lipinski definition) is 3. The zero-order chi connectivity index (χ0) is 19.2. The van der Waals surface area contributed by atoms with Crippen molar-refractivity contribution in [2.75, 3.05) is 33.2 Å². The molecular formula is C25H35N3. The average molecular weight is 378 g/mol. The Morgan fingerprint density at radius 2 is 1.21 bits per heavy atom. The third kappa shape index (κ3) is 5.22. The summed E-state index contributed by atoms with van der Waals surface area (Å²) in [6.45, 7) is 7.08. The van der Waals surface area contributed by atoms with Crippen molar-refractivity contribution >= 4 is 0 Å². The van der Waals surface area contributed by atoms with E-state index in [1.807, 2.05) is 0 Å². The molecule has 0 unspecified atom stereocenters. The van der Waals surface area contributed by atoms with Crippen LogP contribution in [-0.2, 0) is 13.1 Å². The van der Waals surface area contributed by atoms with Gasteiger partial charge in [0.05, 0.1) is 0 Å². The first-order valence-electron chi connectivity index (χ1n) is 11.0. The quantitative estimate of drug-likeness (QED) is 0.745. The number of rotatable bonds is 6. The Kier molecular flexibility index (Phi) is 6.79. The van der Waals surface area contributed by atoms with Crippen LogP contribution in [0.5, 0.6) is 0 Å². The number of piperazine rings is 1. The molecular weight excluding hydrogens is 342 g/mol. The minimum Gasteiger partial charge on any atom is -0.304 e. The Bertz CT molecular complexity index is 645. The number of nitrogens with zero attached hydrogens (tertiary/aromatic N) is 3. The maximum absolute atomic E-state index is 2.76. The first-order valence-corrected chi connectivity index (χ1v) is 11.0. The van der Waals surface area contributed by atoms with Gasteiger partial charge in [-0.3, -0.25) is 9.80 Å². The van der Waals surface area contributed by atoms with Gasteiger partial charge in [-0.25, -0.2) is 0 Å². The molecule has 0 aromatic heterocycles. The third-order valence-corrected chi connectivity index (χ3v) is 6.69. The first-order chi connectivity index (χ1) is 13.8. The van der Waals surface area contributed by atoms with Gasteiger partial charge in [0.25, 0.3) is 0 Å². The summed E-state index contributed by atoms with van der Waals surface area (Å²) in [5.74, 6) is 0. The van der Waals surface area contributed by atoms with E-state index in [-0.39, 0.29) is 0 Å². The Morgan fingerprint density at radius 3 is 1.71 bits per heavy atom. The molecule has 2 fully saturated rings. The van der Waals surface area contributed by atoms with E-state index in [1.165, 1.54) is 63.0 Å². The molecule has 0 spiro atoms. The summed E-state index contributed by atoms with van der Waals surface area (Å²) in [7, 11) is 2.25. The van der Waals surface area contributed by atoms with Gasteiger partial charge in [-0.15, -0.1) is 0 Å². The highest BCUT2D eigenvalue weighted by atomic mass is 15.3. The lowest BCUT2D eigenvalue weighted by molar-refractivity contribution is 0.0588. The van der Waals surface area contributed by atoms with Gasteiger partial charge in [-0.2, -0.15) is 0 Å². The van der Waals surface area contributed by atoms with Crippen LogP contribution in [0, 0.1) is 0 Å². The number of hydrogen-bond donors (Lipinski definition) is 0. The lowest BCUT2D eigenvalue weighted by Crippen LogP contribution is -2.51. The van der Waals surface area contributed by atoms with Crippen LogP contribution in [0.2, 0.25) is 0 Å². The van der Waals surface area contributed by atoms with Gasteiger partial charge >= 0.3 is 0 Å². The molecule has 0 N–H and O–H groups in total. The highest BCUT2D eigenvalue weighted by molar-refractivity contribution is 5.17. The van der Waals surface area contributed by atoms with Crippen molar-refractivity contribution in [1.29, 1.82) is 0 Å². The summed E-state index contributed by atoms with van der Waals surface area (Å²) >= 11 is 0. The lowest BCUT2D eigenvalue weighted by atomic mass is 9.88. The number of likely N-dealkylation sites (N-methyl/N-ethyl adjacent to an activating group) is 1. The summed E-state index contributed by atoms with van der Waals surface area (Å²) in [6.07, 6.45) is 5.37. The predicted molar refractivity (Wildman–Crippen MR) is 117 cm³/mol. The second-order valence-corrected chi connectivity index (χ2v) is 8.68. The van der Waals surface area contributed by atoms with E-state index in [1.54, 1.807) is 0 Å². The predicted octanol–water partition coefficient (Wildman–Crippen LogP) is 4.25. The molecule has 1 saturated carbocycles. The molecule has 150 valence electrons. The average Bonchev–Trinajstić information content (AvgIpc) is 2.75. The van der Waals surface area contributed by atoms with Gasteiger partial charge in [0.2, 0.25) is 0 Å². The topological polar surface area (TPSA) is 9.72 Å². The monoisotopic (exact) mass is 377 g/mol. The first kappa shape index (κ1) is 19.6. The maximum atomic E-state index is 2.76. The van der Waals surface area contributed by atoms with Crippen LogP contribution in [0.4, 0.5) is 0 Å². The molecule has 1 saturated heterocycles. The van der Waals surface area contributed by atoms with E-state index >= 15 is 0 Å². The van der Waals surface area contributed by atoms with Crippen LogP contribution >= 0.6 is 0 Å². The minimum atomic E-state index is 0.698. The fraction of sp³-hybridized carbons (Fsp3) is 0.520. The largest absolute Gasteiger partial charge is 0.304 e. The van der Waals surface area contributed by atoms with E-state index in [2.05, 4.69) is 82.4 Å². The van der Waals surface area contributed by atoms with Crippen LogP contribution in [-0.4, -0.2) is 60.0 Å². The molecule has 1 aliphatic carbocycles. The molecule has 2 aromatic rings. The molecule has 0 amide bonds. The normalized spacial score (nSPS) is 24.5. The second kappa shape index (κ2) is 9.69. The van der Waals surface area contributed by atoms with E-state index < -0.39 is 0 Å². The third-order valence-electron chi connectivity index (χ3n) is 6.69. The summed E-state index contributed by atoms with van der Waals surface area (Å²) in [5.41, 5.74) is 2.86. The van der Waals surface area contributed by atoms with Gasteiger partial charge < -0.3 is 4.90 Å². The Balaban J connectivity index is 1.39. The van der Waals surface area contributed by atoms with Gasteiger partial charge in [-0.1, -0.05) is 60.7 Å². The van der Waals surface area contributed by atoms with Crippen LogP contribution in [0.25, 0.3) is 0 Å². The molecule has 28 heavy (non-hydrogen) atoms. The van der Waals surface area contributed by atoms with Gasteiger partial charge in [0, 0.05) is 51.4 Å². The zero-order valence-electron chi connectivity index (χ0n) is 17.3. The van der Waals surface area contributed by atoms with E-state index in [0.717, 1.165) is 19.1 Å². The summed E-state index contributed by atoms with van der Waals surface area (Å²) in [4.78, 5) is 7.95. The van der Waals surface area contributed by atoms with Crippen LogP contribution < -0.4 is 0 Å². The fourth-order valence-electron chi connectivity index (χ4n) is 4.93. The zero-order valence-corrected chi connectivity index (χ0v) is 17.3. The lowest BCUT2D eigenvalue weighted by Gasteiger charge is -2.43.